The van der Waals surface area contributed by atoms with Crippen molar-refractivity contribution in [3.05, 3.63) is 35.6 Å². The first-order valence-corrected chi connectivity index (χ1v) is 7.86. The molecule has 0 unspecified atom stereocenters. The first kappa shape index (κ1) is 22.6. The SMILES string of the molecule is CCNC(=O)C(C)(C)CNC(=NC)NCCc1ccc(F)cc1.I. The monoisotopic (exact) mass is 450 g/mol. The third-order valence-electron chi connectivity index (χ3n) is 3.49. The summed E-state index contributed by atoms with van der Waals surface area (Å²) in [6.45, 7) is 7.44. The molecule has 1 rings (SSSR count). The molecule has 0 aliphatic carbocycles. The van der Waals surface area contributed by atoms with E-state index in [0.717, 1.165) is 12.0 Å². The second-order valence-corrected chi connectivity index (χ2v) is 5.97. The third-order valence-corrected chi connectivity index (χ3v) is 3.49. The molecule has 0 fully saturated rings. The average Bonchev–Trinajstić information content (AvgIpc) is 2.52. The smallest absolute Gasteiger partial charge is 0.227 e. The standard InChI is InChI=1S/C17H27FN4O.HI/c1-5-20-15(23)17(2,3)12-22-16(19-4)21-11-10-13-6-8-14(18)9-7-13;/h6-9H,5,10-12H2,1-4H3,(H,20,23)(H2,19,21,22);1H. The molecule has 0 saturated heterocycles. The minimum atomic E-state index is -0.523. The third kappa shape index (κ3) is 7.94. The summed E-state index contributed by atoms with van der Waals surface area (Å²) in [5, 5.41) is 9.18. The number of carbonyl (C=O) groups is 1. The van der Waals surface area contributed by atoms with Crippen LogP contribution in [0.15, 0.2) is 29.3 Å². The maximum atomic E-state index is 12.8. The minimum Gasteiger partial charge on any atom is -0.356 e. The molecule has 1 aromatic carbocycles. The molecule has 0 heterocycles. The van der Waals surface area contributed by atoms with E-state index in [2.05, 4.69) is 20.9 Å². The van der Waals surface area contributed by atoms with E-state index in [0.29, 0.717) is 25.6 Å². The van der Waals surface area contributed by atoms with Crippen molar-refractivity contribution in [2.75, 3.05) is 26.7 Å². The van der Waals surface area contributed by atoms with Crippen molar-refractivity contribution in [1.82, 2.24) is 16.0 Å². The zero-order chi connectivity index (χ0) is 17.3. The van der Waals surface area contributed by atoms with Crippen LogP contribution in [-0.4, -0.2) is 38.5 Å². The molecule has 0 atom stereocenters. The van der Waals surface area contributed by atoms with E-state index in [1.165, 1.54) is 12.1 Å². The van der Waals surface area contributed by atoms with Crippen molar-refractivity contribution in [2.24, 2.45) is 10.4 Å². The molecule has 0 bridgehead atoms. The second kappa shape index (κ2) is 11.2. The van der Waals surface area contributed by atoms with Gasteiger partial charge in [-0.1, -0.05) is 12.1 Å². The van der Waals surface area contributed by atoms with Crippen molar-refractivity contribution in [2.45, 2.75) is 27.2 Å². The number of benzene rings is 1. The predicted molar refractivity (Wildman–Crippen MR) is 107 cm³/mol. The van der Waals surface area contributed by atoms with E-state index in [1.54, 1.807) is 19.2 Å². The molecule has 1 amide bonds. The molecular weight excluding hydrogens is 422 g/mol. The summed E-state index contributed by atoms with van der Waals surface area (Å²) in [7, 11) is 1.69. The number of halogens is 2. The Bertz CT molecular complexity index is 532. The van der Waals surface area contributed by atoms with E-state index in [4.69, 9.17) is 0 Å². The van der Waals surface area contributed by atoms with Gasteiger partial charge in [-0.15, -0.1) is 24.0 Å². The van der Waals surface area contributed by atoms with Crippen LogP contribution in [0.4, 0.5) is 4.39 Å². The summed E-state index contributed by atoms with van der Waals surface area (Å²) in [6, 6.07) is 6.45. The number of nitrogens with zero attached hydrogens (tertiary/aromatic N) is 1. The largest absolute Gasteiger partial charge is 0.356 e. The van der Waals surface area contributed by atoms with Gasteiger partial charge in [0.2, 0.25) is 5.91 Å². The van der Waals surface area contributed by atoms with Crippen molar-refractivity contribution in [1.29, 1.82) is 0 Å². The summed E-state index contributed by atoms with van der Waals surface area (Å²) < 4.78 is 12.8. The molecule has 0 aliphatic rings. The topological polar surface area (TPSA) is 65.5 Å². The van der Waals surface area contributed by atoms with Crippen molar-refractivity contribution in [3.8, 4) is 0 Å². The molecular formula is C17H28FIN4O. The van der Waals surface area contributed by atoms with Gasteiger partial charge in [0.15, 0.2) is 5.96 Å². The van der Waals surface area contributed by atoms with Gasteiger partial charge in [-0.25, -0.2) is 4.39 Å². The van der Waals surface area contributed by atoms with Crippen LogP contribution in [-0.2, 0) is 11.2 Å². The number of amides is 1. The number of guanidine groups is 1. The highest BCUT2D eigenvalue weighted by atomic mass is 127. The molecule has 5 nitrogen and oxygen atoms in total. The van der Waals surface area contributed by atoms with Crippen LogP contribution in [0.5, 0.6) is 0 Å². The lowest BCUT2D eigenvalue weighted by Gasteiger charge is -2.24. The lowest BCUT2D eigenvalue weighted by Crippen LogP contribution is -2.48. The van der Waals surface area contributed by atoms with Gasteiger partial charge < -0.3 is 16.0 Å². The number of carbonyl (C=O) groups excluding carboxylic acids is 1. The number of hydrogen-bond acceptors (Lipinski definition) is 2. The average molecular weight is 450 g/mol. The number of aliphatic imine (C=N–C) groups is 1. The lowest BCUT2D eigenvalue weighted by atomic mass is 9.92. The Balaban J connectivity index is 0.00000529. The number of hydrogen-bond donors (Lipinski definition) is 3. The first-order chi connectivity index (χ1) is 10.9. The fourth-order valence-electron chi connectivity index (χ4n) is 1.98. The first-order valence-electron chi connectivity index (χ1n) is 7.86. The van der Waals surface area contributed by atoms with Crippen LogP contribution in [0, 0.1) is 11.2 Å². The van der Waals surface area contributed by atoms with E-state index in [-0.39, 0.29) is 35.7 Å². The highest BCUT2D eigenvalue weighted by molar-refractivity contribution is 14.0. The van der Waals surface area contributed by atoms with Gasteiger partial charge in [0.05, 0.1) is 5.41 Å². The Labute approximate surface area is 160 Å². The van der Waals surface area contributed by atoms with Crippen LogP contribution >= 0.6 is 24.0 Å². The second-order valence-electron chi connectivity index (χ2n) is 5.97. The summed E-state index contributed by atoms with van der Waals surface area (Å²) >= 11 is 0. The van der Waals surface area contributed by atoms with Gasteiger partial charge in [0.1, 0.15) is 5.82 Å². The Morgan fingerprint density at radius 3 is 2.33 bits per heavy atom. The molecule has 0 aliphatic heterocycles. The predicted octanol–water partition coefficient (Wildman–Crippen LogP) is 2.31. The maximum Gasteiger partial charge on any atom is 0.227 e. The molecule has 0 radical (unpaired) electrons. The lowest BCUT2D eigenvalue weighted by molar-refractivity contribution is -0.128. The van der Waals surface area contributed by atoms with Crippen molar-refractivity contribution >= 4 is 35.8 Å². The van der Waals surface area contributed by atoms with Gasteiger partial charge in [0.25, 0.3) is 0 Å². The fourth-order valence-corrected chi connectivity index (χ4v) is 1.98. The van der Waals surface area contributed by atoms with Gasteiger partial charge in [-0.2, -0.15) is 0 Å². The maximum absolute atomic E-state index is 12.8. The van der Waals surface area contributed by atoms with Gasteiger partial charge in [-0.05, 0) is 44.9 Å². The number of nitrogens with one attached hydrogen (secondary N) is 3. The summed E-state index contributed by atoms with van der Waals surface area (Å²) in [6.07, 6.45) is 0.765. The number of rotatable bonds is 7. The molecule has 0 aromatic heterocycles. The van der Waals surface area contributed by atoms with Gasteiger partial charge in [0, 0.05) is 26.7 Å². The normalized spacial score (nSPS) is 11.5. The Kier molecular flexibility index (Phi) is 10.6. The van der Waals surface area contributed by atoms with Gasteiger partial charge in [-0.3, -0.25) is 9.79 Å². The van der Waals surface area contributed by atoms with Crippen molar-refractivity contribution in [3.63, 3.8) is 0 Å². The fraction of sp³-hybridized carbons (Fsp3) is 0.529. The molecule has 0 spiro atoms. The van der Waals surface area contributed by atoms with E-state index < -0.39 is 5.41 Å². The summed E-state index contributed by atoms with van der Waals surface area (Å²) in [4.78, 5) is 16.1. The van der Waals surface area contributed by atoms with Crippen LogP contribution in [0.2, 0.25) is 0 Å². The quantitative estimate of drug-likeness (QED) is 0.340. The molecule has 7 heteroatoms. The van der Waals surface area contributed by atoms with E-state index in [1.807, 2.05) is 20.8 Å². The van der Waals surface area contributed by atoms with Crippen LogP contribution in [0.3, 0.4) is 0 Å². The Hall–Kier alpha value is -1.38. The summed E-state index contributed by atoms with van der Waals surface area (Å²) in [5.41, 5.74) is 0.530. The minimum absolute atomic E-state index is 0. The Morgan fingerprint density at radius 2 is 1.79 bits per heavy atom. The molecule has 136 valence electrons. The van der Waals surface area contributed by atoms with Crippen LogP contribution in [0.1, 0.15) is 26.3 Å². The van der Waals surface area contributed by atoms with Gasteiger partial charge >= 0.3 is 0 Å². The van der Waals surface area contributed by atoms with E-state index >= 15 is 0 Å². The summed E-state index contributed by atoms with van der Waals surface area (Å²) in [5.74, 6) is 0.422. The molecule has 3 N–H and O–H groups in total. The van der Waals surface area contributed by atoms with Crippen LogP contribution < -0.4 is 16.0 Å². The van der Waals surface area contributed by atoms with Crippen molar-refractivity contribution < 1.29 is 9.18 Å². The molecule has 0 saturated carbocycles. The highest BCUT2D eigenvalue weighted by Crippen LogP contribution is 2.13. The zero-order valence-corrected chi connectivity index (χ0v) is 17.1. The molecule has 1 aromatic rings. The molecule has 24 heavy (non-hydrogen) atoms. The highest BCUT2D eigenvalue weighted by Gasteiger charge is 2.27. The van der Waals surface area contributed by atoms with E-state index in [9.17, 15) is 9.18 Å². The zero-order valence-electron chi connectivity index (χ0n) is 14.8. The Morgan fingerprint density at radius 1 is 1.17 bits per heavy atom. The van der Waals surface area contributed by atoms with Crippen LogP contribution in [0.25, 0.3) is 0 Å².